The highest BCUT2D eigenvalue weighted by atomic mass is 35.5. The molecule has 0 aliphatic carbocycles. The number of rotatable bonds is 8. The van der Waals surface area contributed by atoms with E-state index < -0.39 is 6.10 Å². The maximum Gasteiger partial charge on any atom is 0.338 e. The van der Waals surface area contributed by atoms with Crippen molar-refractivity contribution in [3.05, 3.63) is 52.1 Å². The lowest BCUT2D eigenvalue weighted by molar-refractivity contribution is 0.0526. The maximum atomic E-state index is 11.6. The molecule has 0 amide bonds. The predicted molar refractivity (Wildman–Crippen MR) is 108 cm³/mol. The van der Waals surface area contributed by atoms with E-state index >= 15 is 0 Å². The summed E-state index contributed by atoms with van der Waals surface area (Å²) in [4.78, 5) is 11.6. The largest absolute Gasteiger partial charge is 0.491 e. The van der Waals surface area contributed by atoms with Crippen molar-refractivity contribution in [1.29, 1.82) is 0 Å². The second-order valence-electron chi connectivity index (χ2n) is 5.70. The lowest BCUT2D eigenvalue weighted by atomic mass is 10.2. The van der Waals surface area contributed by atoms with Crippen LogP contribution in [0.3, 0.4) is 0 Å². The molecule has 0 aliphatic heterocycles. The van der Waals surface area contributed by atoms with Crippen LogP contribution in [0.2, 0.25) is 10.0 Å². The highest BCUT2D eigenvalue weighted by Gasteiger charge is 2.13. The van der Waals surface area contributed by atoms with Gasteiger partial charge in [-0.05, 0) is 37.3 Å². The Bertz CT molecular complexity index is 965. The topological polar surface area (TPSA) is 86.0 Å². The summed E-state index contributed by atoms with van der Waals surface area (Å²) in [7, 11) is 0. The van der Waals surface area contributed by atoms with Gasteiger partial charge in [0.2, 0.25) is 0 Å². The molecule has 148 valence electrons. The SMILES string of the molecule is CCOC(=O)c1ccc(OCC(O)CSc2nnc3c(Cl)cc(Cl)cn23)cc1. The Morgan fingerprint density at radius 3 is 2.75 bits per heavy atom. The van der Waals surface area contributed by atoms with Crippen molar-refractivity contribution in [2.24, 2.45) is 0 Å². The third-order valence-corrected chi connectivity index (χ3v) is 5.18. The van der Waals surface area contributed by atoms with Crippen LogP contribution in [0.4, 0.5) is 0 Å². The summed E-state index contributed by atoms with van der Waals surface area (Å²) >= 11 is 13.4. The summed E-state index contributed by atoms with van der Waals surface area (Å²) in [6.07, 6.45) is 0.927. The van der Waals surface area contributed by atoms with E-state index in [2.05, 4.69) is 10.2 Å². The van der Waals surface area contributed by atoms with E-state index in [1.807, 2.05) is 0 Å². The van der Waals surface area contributed by atoms with Gasteiger partial charge in [-0.15, -0.1) is 10.2 Å². The molecule has 1 aromatic carbocycles. The molecule has 1 atom stereocenters. The fraction of sp³-hybridized carbons (Fsp3) is 0.278. The van der Waals surface area contributed by atoms with Crippen molar-refractivity contribution in [3.63, 3.8) is 0 Å². The minimum atomic E-state index is -0.739. The summed E-state index contributed by atoms with van der Waals surface area (Å²) in [6.45, 7) is 2.16. The van der Waals surface area contributed by atoms with E-state index in [1.54, 1.807) is 47.9 Å². The number of nitrogens with zero attached hydrogens (tertiary/aromatic N) is 3. The molecule has 0 saturated carbocycles. The molecule has 10 heteroatoms. The van der Waals surface area contributed by atoms with Gasteiger partial charge in [0.25, 0.3) is 0 Å². The second kappa shape index (κ2) is 9.47. The molecular formula is C18H17Cl2N3O4S. The minimum absolute atomic E-state index is 0.0873. The molecule has 0 spiro atoms. The average Bonchev–Trinajstić information content (AvgIpc) is 3.08. The van der Waals surface area contributed by atoms with Crippen LogP contribution in [0.25, 0.3) is 5.65 Å². The summed E-state index contributed by atoms with van der Waals surface area (Å²) in [5.74, 6) is 0.501. The summed E-state index contributed by atoms with van der Waals surface area (Å²) in [5.41, 5.74) is 0.947. The number of carbonyl (C=O) groups excluding carboxylic acids is 1. The number of aliphatic hydroxyl groups excluding tert-OH is 1. The van der Waals surface area contributed by atoms with Gasteiger partial charge in [0.15, 0.2) is 10.8 Å². The fourth-order valence-electron chi connectivity index (χ4n) is 2.31. The molecule has 0 fully saturated rings. The van der Waals surface area contributed by atoms with Gasteiger partial charge in [-0.1, -0.05) is 35.0 Å². The molecule has 3 rings (SSSR count). The molecule has 0 radical (unpaired) electrons. The zero-order chi connectivity index (χ0) is 20.1. The highest BCUT2D eigenvalue weighted by Crippen LogP contribution is 2.25. The monoisotopic (exact) mass is 441 g/mol. The van der Waals surface area contributed by atoms with E-state index in [9.17, 15) is 9.90 Å². The number of aromatic nitrogens is 3. The van der Waals surface area contributed by atoms with E-state index in [0.29, 0.717) is 44.5 Å². The normalized spacial score (nSPS) is 12.1. The van der Waals surface area contributed by atoms with Gasteiger partial charge in [0.05, 0.1) is 28.3 Å². The smallest absolute Gasteiger partial charge is 0.338 e. The van der Waals surface area contributed by atoms with Gasteiger partial charge < -0.3 is 14.6 Å². The van der Waals surface area contributed by atoms with Gasteiger partial charge >= 0.3 is 5.97 Å². The third kappa shape index (κ3) is 5.08. The van der Waals surface area contributed by atoms with Crippen molar-refractivity contribution in [3.8, 4) is 5.75 Å². The van der Waals surface area contributed by atoms with E-state index in [4.69, 9.17) is 32.7 Å². The van der Waals surface area contributed by atoms with Crippen LogP contribution in [0.5, 0.6) is 5.75 Å². The fourth-order valence-corrected chi connectivity index (χ4v) is 3.64. The van der Waals surface area contributed by atoms with Crippen LogP contribution in [0.1, 0.15) is 17.3 Å². The number of pyridine rings is 1. The van der Waals surface area contributed by atoms with Crippen molar-refractivity contribution in [2.45, 2.75) is 18.2 Å². The van der Waals surface area contributed by atoms with Crippen LogP contribution in [-0.4, -0.2) is 50.7 Å². The first kappa shape index (κ1) is 20.7. The van der Waals surface area contributed by atoms with Crippen LogP contribution < -0.4 is 4.74 Å². The molecular weight excluding hydrogens is 425 g/mol. The Hall–Kier alpha value is -2.00. The van der Waals surface area contributed by atoms with E-state index in [1.165, 1.54) is 11.8 Å². The molecule has 2 heterocycles. The first-order valence-electron chi connectivity index (χ1n) is 8.38. The second-order valence-corrected chi connectivity index (χ2v) is 7.53. The number of ether oxygens (including phenoxy) is 2. The Labute approximate surface area is 175 Å². The Kier molecular flexibility index (Phi) is 7.01. The number of hydrogen-bond acceptors (Lipinski definition) is 7. The Morgan fingerprint density at radius 1 is 1.29 bits per heavy atom. The highest BCUT2D eigenvalue weighted by molar-refractivity contribution is 7.99. The molecule has 7 nitrogen and oxygen atoms in total. The average molecular weight is 442 g/mol. The number of thioether (sulfide) groups is 1. The van der Waals surface area contributed by atoms with Crippen molar-refractivity contribution < 1.29 is 19.4 Å². The zero-order valence-corrected chi connectivity index (χ0v) is 17.2. The third-order valence-electron chi connectivity index (χ3n) is 3.61. The van der Waals surface area contributed by atoms with Gasteiger partial charge in [-0.2, -0.15) is 0 Å². The standard InChI is InChI=1S/C18H17Cl2N3O4S/c1-2-26-17(25)11-3-5-14(6-4-11)27-9-13(24)10-28-18-22-21-16-15(20)7-12(19)8-23(16)18/h3-8,13,24H,2,9-10H2,1H3. The number of aliphatic hydroxyl groups is 1. The molecule has 0 bridgehead atoms. The van der Waals surface area contributed by atoms with Crippen LogP contribution in [-0.2, 0) is 4.74 Å². The zero-order valence-electron chi connectivity index (χ0n) is 14.8. The summed E-state index contributed by atoms with van der Waals surface area (Å²) in [5, 5.41) is 19.7. The van der Waals surface area contributed by atoms with Crippen molar-refractivity contribution >= 4 is 46.6 Å². The lowest BCUT2D eigenvalue weighted by Crippen LogP contribution is -2.20. The van der Waals surface area contributed by atoms with Gasteiger partial charge in [0.1, 0.15) is 12.4 Å². The predicted octanol–water partition coefficient (Wildman–Crippen LogP) is 3.74. The molecule has 3 aromatic rings. The van der Waals surface area contributed by atoms with Gasteiger partial charge in [-0.3, -0.25) is 4.40 Å². The Morgan fingerprint density at radius 2 is 2.04 bits per heavy atom. The van der Waals surface area contributed by atoms with Crippen molar-refractivity contribution in [2.75, 3.05) is 19.0 Å². The number of esters is 1. The number of benzene rings is 1. The molecule has 1 unspecified atom stereocenters. The Balaban J connectivity index is 1.52. The van der Waals surface area contributed by atoms with E-state index in [-0.39, 0.29) is 12.6 Å². The number of halogens is 2. The minimum Gasteiger partial charge on any atom is -0.491 e. The summed E-state index contributed by atoms with van der Waals surface area (Å²) < 4.78 is 12.2. The van der Waals surface area contributed by atoms with Crippen LogP contribution in [0.15, 0.2) is 41.7 Å². The molecule has 2 aromatic heterocycles. The number of carbonyl (C=O) groups is 1. The van der Waals surface area contributed by atoms with Gasteiger partial charge in [0, 0.05) is 11.9 Å². The van der Waals surface area contributed by atoms with Crippen LogP contribution >= 0.6 is 35.0 Å². The molecule has 1 N–H and O–H groups in total. The van der Waals surface area contributed by atoms with Crippen molar-refractivity contribution in [1.82, 2.24) is 14.6 Å². The lowest BCUT2D eigenvalue weighted by Gasteiger charge is -2.12. The van der Waals surface area contributed by atoms with E-state index in [0.717, 1.165) is 0 Å². The number of fused-ring (bicyclic) bond motifs is 1. The number of hydrogen-bond donors (Lipinski definition) is 1. The first-order valence-corrected chi connectivity index (χ1v) is 10.1. The first-order chi connectivity index (χ1) is 13.5. The maximum absolute atomic E-state index is 11.6. The molecule has 0 saturated heterocycles. The quantitative estimate of drug-likeness (QED) is 0.420. The molecule has 28 heavy (non-hydrogen) atoms. The van der Waals surface area contributed by atoms with Gasteiger partial charge in [-0.25, -0.2) is 4.79 Å². The van der Waals surface area contributed by atoms with Crippen LogP contribution in [0, 0.1) is 0 Å². The molecule has 0 aliphatic rings. The summed E-state index contributed by atoms with van der Waals surface area (Å²) in [6, 6.07) is 8.14.